The Morgan fingerprint density at radius 1 is 1.00 bits per heavy atom. The molecule has 6 rings (SSSR count). The number of methoxy groups -OCH3 is 3. The summed E-state index contributed by atoms with van der Waals surface area (Å²) in [7, 11) is 4.76. The van der Waals surface area contributed by atoms with Crippen molar-refractivity contribution in [3.63, 3.8) is 0 Å². The zero-order valence-electron chi connectivity index (χ0n) is 23.4. The number of rotatable bonds is 9. The topological polar surface area (TPSA) is 125 Å². The van der Waals surface area contributed by atoms with Crippen LogP contribution in [-0.2, 0) is 0 Å². The largest absolute Gasteiger partial charge is 0.493 e. The molecule has 4 heterocycles. The fraction of sp³-hybridized carbons (Fsp3) is 0.500. The lowest BCUT2D eigenvalue weighted by Crippen LogP contribution is -2.33. The summed E-state index contributed by atoms with van der Waals surface area (Å²) in [5.74, 6) is 3.48. The molecule has 1 atom stereocenters. The fourth-order valence-electron chi connectivity index (χ4n) is 6.02. The average Bonchev–Trinajstić information content (AvgIpc) is 3.79. The third-order valence-electron chi connectivity index (χ3n) is 8.01. The molecular weight excluding hydrogens is 512 g/mol. The summed E-state index contributed by atoms with van der Waals surface area (Å²) in [6, 6.07) is 4.08. The van der Waals surface area contributed by atoms with Crippen LogP contribution in [0.25, 0.3) is 16.7 Å². The van der Waals surface area contributed by atoms with Gasteiger partial charge in [-0.05, 0) is 32.6 Å². The van der Waals surface area contributed by atoms with E-state index in [4.69, 9.17) is 29.3 Å². The summed E-state index contributed by atoms with van der Waals surface area (Å²) in [4.78, 5) is 16.7. The highest BCUT2D eigenvalue weighted by Crippen LogP contribution is 2.40. The highest BCUT2D eigenvalue weighted by atomic mass is 16.5. The minimum absolute atomic E-state index is 0.0272. The van der Waals surface area contributed by atoms with Gasteiger partial charge in [-0.1, -0.05) is 12.8 Å². The quantitative estimate of drug-likeness (QED) is 0.315. The van der Waals surface area contributed by atoms with E-state index in [0.717, 1.165) is 60.5 Å². The van der Waals surface area contributed by atoms with E-state index in [-0.39, 0.29) is 12.6 Å². The predicted molar refractivity (Wildman–Crippen MR) is 152 cm³/mol. The number of ether oxygens (including phenoxy) is 3. The number of nitrogens with zero attached hydrogens (tertiary/aromatic N) is 7. The van der Waals surface area contributed by atoms with Crippen LogP contribution in [0.5, 0.6) is 17.2 Å². The Labute approximate surface area is 232 Å². The first kappa shape index (κ1) is 26.2. The zero-order chi connectivity index (χ0) is 27.8. The van der Waals surface area contributed by atoms with Crippen LogP contribution in [-0.4, -0.2) is 74.9 Å². The number of imidazole rings is 1. The number of aliphatic hydroxyl groups excluding tert-OH is 1. The standard InChI is InChI=1S/C28H36N8O4/c1-17-24-26(35-11-7-10-19(35)15-37)31-28(32-27(24)36(33-17)18-8-5-6-9-18)30-23-14-34(16-29-23)20-12-21(38-2)25(40-4)22(13-20)39-3/h12-14,16,18-19,37H,5-11,15H2,1-4H3,(H,30,31,32)/t19-/m0/s1. The molecule has 212 valence electrons. The third kappa shape index (κ3) is 4.55. The van der Waals surface area contributed by atoms with E-state index in [1.165, 1.54) is 12.8 Å². The fourth-order valence-corrected chi connectivity index (χ4v) is 6.02. The van der Waals surface area contributed by atoms with Crippen LogP contribution >= 0.6 is 0 Å². The molecule has 1 aliphatic carbocycles. The lowest BCUT2D eigenvalue weighted by molar-refractivity contribution is 0.266. The van der Waals surface area contributed by atoms with E-state index in [1.807, 2.05) is 29.8 Å². The summed E-state index contributed by atoms with van der Waals surface area (Å²) < 4.78 is 20.4. The molecule has 0 spiro atoms. The van der Waals surface area contributed by atoms with Crippen molar-refractivity contribution in [1.82, 2.24) is 29.3 Å². The molecule has 3 aromatic heterocycles. The van der Waals surface area contributed by atoms with E-state index in [0.29, 0.717) is 35.1 Å². The monoisotopic (exact) mass is 548 g/mol. The van der Waals surface area contributed by atoms with Crippen LogP contribution in [0, 0.1) is 6.92 Å². The van der Waals surface area contributed by atoms with Crippen LogP contribution in [0.3, 0.4) is 0 Å². The lowest BCUT2D eigenvalue weighted by atomic mass is 10.2. The number of fused-ring (bicyclic) bond motifs is 1. The van der Waals surface area contributed by atoms with Crippen LogP contribution in [0.15, 0.2) is 24.7 Å². The van der Waals surface area contributed by atoms with Gasteiger partial charge < -0.3 is 34.1 Å². The van der Waals surface area contributed by atoms with Crippen molar-refractivity contribution >= 4 is 28.6 Å². The molecule has 4 aromatic rings. The summed E-state index contributed by atoms with van der Waals surface area (Å²) in [5, 5.41) is 19.3. The molecule has 0 unspecified atom stereocenters. The number of nitrogens with one attached hydrogen (secondary N) is 1. The molecule has 1 saturated heterocycles. The molecule has 2 N–H and O–H groups in total. The van der Waals surface area contributed by atoms with Gasteiger partial charge in [0.2, 0.25) is 11.7 Å². The minimum atomic E-state index is 0.0272. The summed E-state index contributed by atoms with van der Waals surface area (Å²) in [5.41, 5.74) is 2.54. The van der Waals surface area contributed by atoms with Crippen molar-refractivity contribution in [2.24, 2.45) is 0 Å². The molecule has 0 amide bonds. The smallest absolute Gasteiger partial charge is 0.232 e. The first-order chi connectivity index (χ1) is 19.5. The normalized spacial score (nSPS) is 17.6. The van der Waals surface area contributed by atoms with Crippen LogP contribution in [0.4, 0.5) is 17.6 Å². The van der Waals surface area contributed by atoms with Gasteiger partial charge in [0.1, 0.15) is 12.1 Å². The number of benzene rings is 1. The minimum Gasteiger partial charge on any atom is -0.493 e. The molecule has 2 fully saturated rings. The van der Waals surface area contributed by atoms with E-state index in [9.17, 15) is 5.11 Å². The number of aryl methyl sites for hydroxylation is 1. The van der Waals surface area contributed by atoms with E-state index in [1.54, 1.807) is 27.7 Å². The Hall–Kier alpha value is -4.06. The van der Waals surface area contributed by atoms with Crippen LogP contribution in [0.2, 0.25) is 0 Å². The van der Waals surface area contributed by atoms with E-state index < -0.39 is 0 Å². The first-order valence-electron chi connectivity index (χ1n) is 13.8. The van der Waals surface area contributed by atoms with E-state index >= 15 is 0 Å². The molecule has 1 aromatic carbocycles. The van der Waals surface area contributed by atoms with Crippen molar-refractivity contribution in [2.75, 3.05) is 44.7 Å². The Kier molecular flexibility index (Phi) is 7.09. The van der Waals surface area contributed by atoms with Crippen LogP contribution < -0.4 is 24.4 Å². The van der Waals surface area contributed by atoms with Crippen molar-refractivity contribution < 1.29 is 19.3 Å². The number of aliphatic hydroxyl groups is 1. The Bertz CT molecular complexity index is 1480. The SMILES string of the molecule is COc1cc(-n2cnc(Nc3nc(N4CCC[C@H]4CO)c4c(C)nn(C5CCCC5)c4n3)c2)cc(OC)c1OC. The second-order valence-electron chi connectivity index (χ2n) is 10.4. The molecule has 12 heteroatoms. The van der Waals surface area contributed by atoms with Gasteiger partial charge in [0.05, 0.1) is 63.0 Å². The molecule has 12 nitrogen and oxygen atoms in total. The molecule has 40 heavy (non-hydrogen) atoms. The predicted octanol–water partition coefficient (Wildman–Crippen LogP) is 4.17. The highest BCUT2D eigenvalue weighted by Gasteiger charge is 2.31. The average molecular weight is 549 g/mol. The Balaban J connectivity index is 1.39. The Morgan fingerprint density at radius 2 is 1.75 bits per heavy atom. The maximum absolute atomic E-state index is 10.1. The van der Waals surface area contributed by atoms with Gasteiger partial charge in [-0.25, -0.2) is 9.67 Å². The number of hydrogen-bond donors (Lipinski definition) is 2. The number of hydrogen-bond acceptors (Lipinski definition) is 10. The zero-order valence-corrected chi connectivity index (χ0v) is 23.4. The molecule has 1 saturated carbocycles. The first-order valence-corrected chi connectivity index (χ1v) is 13.8. The molecular formula is C28H36N8O4. The molecule has 0 bridgehead atoms. The van der Waals surface area contributed by atoms with Gasteiger partial charge in [0.25, 0.3) is 0 Å². The van der Waals surface area contributed by atoms with Gasteiger partial charge in [0.15, 0.2) is 23.0 Å². The van der Waals surface area contributed by atoms with Crippen LogP contribution in [0.1, 0.15) is 50.3 Å². The van der Waals surface area contributed by atoms with Crippen molar-refractivity contribution in [2.45, 2.75) is 57.5 Å². The molecule has 0 radical (unpaired) electrons. The second-order valence-corrected chi connectivity index (χ2v) is 10.4. The third-order valence-corrected chi connectivity index (χ3v) is 8.01. The highest BCUT2D eigenvalue weighted by molar-refractivity contribution is 5.91. The number of anilines is 3. The van der Waals surface area contributed by atoms with Gasteiger partial charge in [-0.3, -0.25) is 0 Å². The van der Waals surface area contributed by atoms with E-state index in [2.05, 4.69) is 19.9 Å². The van der Waals surface area contributed by atoms with Crippen molar-refractivity contribution in [1.29, 1.82) is 0 Å². The van der Waals surface area contributed by atoms with Gasteiger partial charge in [-0.15, -0.1) is 0 Å². The van der Waals surface area contributed by atoms with Gasteiger partial charge in [0, 0.05) is 18.7 Å². The number of aromatic nitrogens is 6. The van der Waals surface area contributed by atoms with Gasteiger partial charge in [-0.2, -0.15) is 15.1 Å². The van der Waals surface area contributed by atoms with Gasteiger partial charge >= 0.3 is 0 Å². The Morgan fingerprint density at radius 3 is 2.42 bits per heavy atom. The molecule has 2 aliphatic rings. The summed E-state index contributed by atoms with van der Waals surface area (Å²) in [6.07, 6.45) is 10.1. The van der Waals surface area contributed by atoms with Crippen molar-refractivity contribution in [3.05, 3.63) is 30.4 Å². The second kappa shape index (κ2) is 10.8. The summed E-state index contributed by atoms with van der Waals surface area (Å²) in [6.45, 7) is 2.95. The molecule has 1 aliphatic heterocycles. The maximum atomic E-state index is 10.1. The summed E-state index contributed by atoms with van der Waals surface area (Å²) >= 11 is 0. The maximum Gasteiger partial charge on any atom is 0.232 e. The lowest BCUT2D eigenvalue weighted by Gasteiger charge is -2.25. The van der Waals surface area contributed by atoms with Crippen molar-refractivity contribution in [3.8, 4) is 22.9 Å².